The lowest BCUT2D eigenvalue weighted by Crippen LogP contribution is -2.57. The smallest absolute Gasteiger partial charge is 0.475 e. The summed E-state index contributed by atoms with van der Waals surface area (Å²) in [5, 5.41) is 10.9. The second-order valence-corrected chi connectivity index (χ2v) is 9.10. The molecule has 7 nitrogen and oxygen atoms in total. The summed E-state index contributed by atoms with van der Waals surface area (Å²) in [5.41, 5.74) is 0.262. The van der Waals surface area contributed by atoms with Crippen molar-refractivity contribution in [2.24, 2.45) is 0 Å². The van der Waals surface area contributed by atoms with E-state index in [4.69, 9.17) is 26.2 Å². The van der Waals surface area contributed by atoms with Crippen molar-refractivity contribution in [1.82, 2.24) is 9.62 Å². The van der Waals surface area contributed by atoms with Crippen molar-refractivity contribution in [2.75, 3.05) is 32.8 Å². The summed E-state index contributed by atoms with van der Waals surface area (Å²) in [6.45, 7) is 4.73. The van der Waals surface area contributed by atoms with Crippen LogP contribution < -0.4 is 5.32 Å². The molecule has 1 aromatic rings. The molecule has 2 aliphatic rings. The number of halogens is 4. The molecule has 2 N–H and O–H groups in total. The van der Waals surface area contributed by atoms with E-state index in [-0.39, 0.29) is 5.60 Å². The van der Waals surface area contributed by atoms with E-state index in [1.54, 1.807) is 29.4 Å². The summed E-state index contributed by atoms with van der Waals surface area (Å²) in [5.74, 6) is -2.76. The molecule has 0 radical (unpaired) electrons. The van der Waals surface area contributed by atoms with E-state index in [2.05, 4.69) is 5.32 Å². The monoisotopic (exact) mass is 458 g/mol. The summed E-state index contributed by atoms with van der Waals surface area (Å²) in [6.07, 6.45) is -3.40. The Bertz CT molecular complexity index is 836. The maximum Gasteiger partial charge on any atom is 0.490 e. The van der Waals surface area contributed by atoms with Gasteiger partial charge in [-0.05, 0) is 50.6 Å². The van der Waals surface area contributed by atoms with E-state index in [0.717, 1.165) is 25.9 Å². The van der Waals surface area contributed by atoms with Crippen molar-refractivity contribution >= 4 is 27.6 Å². The molecule has 3 rings (SSSR count). The molecule has 2 heterocycles. The van der Waals surface area contributed by atoms with Crippen LogP contribution in [-0.4, -0.2) is 68.4 Å². The summed E-state index contributed by atoms with van der Waals surface area (Å²) in [4.78, 5) is 9.19. The van der Waals surface area contributed by atoms with Crippen LogP contribution in [0.25, 0.3) is 0 Å². The molecule has 164 valence electrons. The molecule has 0 aromatic heterocycles. The van der Waals surface area contributed by atoms with Gasteiger partial charge in [-0.2, -0.15) is 17.5 Å². The van der Waals surface area contributed by atoms with Crippen molar-refractivity contribution in [1.29, 1.82) is 0 Å². The molecule has 0 bridgehead atoms. The number of carboxylic acid groups (broad SMARTS) is 1. The van der Waals surface area contributed by atoms with Gasteiger partial charge in [0.15, 0.2) is 0 Å². The molecule has 0 amide bonds. The van der Waals surface area contributed by atoms with Gasteiger partial charge in [-0.1, -0.05) is 17.7 Å². The van der Waals surface area contributed by atoms with Gasteiger partial charge in [0.25, 0.3) is 0 Å². The van der Waals surface area contributed by atoms with Crippen LogP contribution >= 0.6 is 11.6 Å². The molecule has 12 heteroatoms. The average molecular weight is 459 g/mol. The van der Waals surface area contributed by atoms with E-state index in [1.165, 1.54) is 0 Å². The van der Waals surface area contributed by atoms with Crippen molar-refractivity contribution < 1.29 is 36.2 Å². The highest BCUT2D eigenvalue weighted by Crippen LogP contribution is 2.32. The van der Waals surface area contributed by atoms with E-state index >= 15 is 0 Å². The second-order valence-electron chi connectivity index (χ2n) is 6.79. The van der Waals surface area contributed by atoms with Crippen LogP contribution in [0.3, 0.4) is 0 Å². The predicted molar refractivity (Wildman–Crippen MR) is 99.4 cm³/mol. The third kappa shape index (κ3) is 5.82. The Morgan fingerprint density at radius 2 is 1.90 bits per heavy atom. The van der Waals surface area contributed by atoms with Gasteiger partial charge >= 0.3 is 12.1 Å². The Kier molecular flexibility index (Phi) is 7.55. The fourth-order valence-electron chi connectivity index (χ4n) is 3.21. The molecule has 1 aromatic carbocycles. The normalized spacial score (nSPS) is 20.0. The van der Waals surface area contributed by atoms with Crippen LogP contribution in [0.1, 0.15) is 18.4 Å². The molecule has 2 saturated heterocycles. The number of morpholine rings is 1. The molecular weight excluding hydrogens is 437 g/mol. The molecule has 0 unspecified atom stereocenters. The Balaban J connectivity index is 0.000000370. The lowest BCUT2D eigenvalue weighted by Gasteiger charge is -2.44. The Morgan fingerprint density at radius 1 is 1.31 bits per heavy atom. The van der Waals surface area contributed by atoms with Crippen molar-refractivity contribution in [3.63, 3.8) is 0 Å². The number of benzene rings is 1. The first kappa shape index (κ1) is 23.9. The highest BCUT2D eigenvalue weighted by Gasteiger charge is 2.42. The lowest BCUT2D eigenvalue weighted by atomic mass is 9.91. The SMILES string of the molecule is Cc1c(Cl)cccc1S(=O)(=O)N1CCOC2(CCNCC2)C1.O=C(O)C(F)(F)F. The molecule has 0 saturated carbocycles. The zero-order chi connectivity index (χ0) is 21.9. The highest BCUT2D eigenvalue weighted by molar-refractivity contribution is 7.89. The van der Waals surface area contributed by atoms with Gasteiger partial charge in [0.2, 0.25) is 10.0 Å². The maximum absolute atomic E-state index is 13.0. The molecule has 2 fully saturated rings. The van der Waals surface area contributed by atoms with Gasteiger partial charge in [-0.15, -0.1) is 0 Å². The number of piperidine rings is 1. The van der Waals surface area contributed by atoms with Gasteiger partial charge in [0.1, 0.15) is 0 Å². The quantitative estimate of drug-likeness (QED) is 0.706. The largest absolute Gasteiger partial charge is 0.490 e. The van der Waals surface area contributed by atoms with Gasteiger partial charge in [-0.25, -0.2) is 13.2 Å². The number of nitrogens with zero attached hydrogens (tertiary/aromatic N) is 1. The molecular formula is C17H22ClF3N2O5S. The standard InChI is InChI=1S/C15H21ClN2O3S.C2HF3O2/c1-12-13(16)3-2-4-14(12)22(19,20)18-9-10-21-15(11-18)5-7-17-8-6-15;3-2(4,5)1(6)7/h2-4,17H,5-11H2,1H3;(H,6,7). The van der Waals surface area contributed by atoms with E-state index in [9.17, 15) is 21.6 Å². The van der Waals surface area contributed by atoms with Gasteiger partial charge in [-0.3, -0.25) is 0 Å². The van der Waals surface area contributed by atoms with Gasteiger partial charge in [0.05, 0.1) is 17.1 Å². The van der Waals surface area contributed by atoms with Crippen LogP contribution in [0.2, 0.25) is 5.02 Å². The predicted octanol–water partition coefficient (Wildman–Crippen LogP) is 2.42. The minimum atomic E-state index is -5.08. The first-order valence-corrected chi connectivity index (χ1v) is 10.6. The zero-order valence-corrected chi connectivity index (χ0v) is 17.2. The van der Waals surface area contributed by atoms with Crippen LogP contribution in [0.5, 0.6) is 0 Å². The highest BCUT2D eigenvalue weighted by atomic mass is 35.5. The number of sulfonamides is 1. The van der Waals surface area contributed by atoms with Crippen LogP contribution in [-0.2, 0) is 19.6 Å². The third-order valence-corrected chi connectivity index (χ3v) is 7.21. The van der Waals surface area contributed by atoms with Crippen LogP contribution in [0.15, 0.2) is 23.1 Å². The second kappa shape index (κ2) is 9.17. The number of carbonyl (C=O) groups is 1. The van der Waals surface area contributed by atoms with E-state index in [0.29, 0.717) is 35.2 Å². The van der Waals surface area contributed by atoms with E-state index < -0.39 is 22.2 Å². The number of hydrogen-bond acceptors (Lipinski definition) is 5. The fraction of sp³-hybridized carbons (Fsp3) is 0.588. The lowest BCUT2D eigenvalue weighted by molar-refractivity contribution is -0.192. The number of hydrogen-bond donors (Lipinski definition) is 2. The average Bonchev–Trinajstić information content (AvgIpc) is 2.64. The molecule has 0 atom stereocenters. The molecule has 1 spiro atoms. The summed E-state index contributed by atoms with van der Waals surface area (Å²) >= 11 is 6.09. The maximum atomic E-state index is 13.0. The molecule has 0 aliphatic carbocycles. The Morgan fingerprint density at radius 3 is 2.45 bits per heavy atom. The number of ether oxygens (including phenoxy) is 1. The van der Waals surface area contributed by atoms with E-state index in [1.807, 2.05) is 0 Å². The third-order valence-electron chi connectivity index (χ3n) is 4.81. The Hall–Kier alpha value is -1.40. The van der Waals surface area contributed by atoms with Gasteiger partial charge in [0, 0.05) is 18.1 Å². The van der Waals surface area contributed by atoms with Crippen molar-refractivity contribution in [3.05, 3.63) is 28.8 Å². The molecule has 29 heavy (non-hydrogen) atoms. The summed E-state index contributed by atoms with van der Waals surface area (Å²) in [6, 6.07) is 5.02. The van der Waals surface area contributed by atoms with Gasteiger partial charge < -0.3 is 15.2 Å². The summed E-state index contributed by atoms with van der Waals surface area (Å²) < 4.78 is 65.2. The van der Waals surface area contributed by atoms with Crippen LogP contribution in [0, 0.1) is 6.92 Å². The number of rotatable bonds is 2. The fourth-order valence-corrected chi connectivity index (χ4v) is 5.18. The van der Waals surface area contributed by atoms with Crippen molar-refractivity contribution in [3.8, 4) is 0 Å². The number of nitrogens with one attached hydrogen (secondary N) is 1. The minimum absolute atomic E-state index is 0.297. The van der Waals surface area contributed by atoms with Crippen molar-refractivity contribution in [2.45, 2.75) is 36.4 Å². The van der Waals surface area contributed by atoms with Crippen LogP contribution in [0.4, 0.5) is 13.2 Å². The Labute approximate surface area is 171 Å². The topological polar surface area (TPSA) is 95.9 Å². The number of aliphatic carboxylic acids is 1. The number of carboxylic acids is 1. The zero-order valence-electron chi connectivity index (χ0n) is 15.6. The summed E-state index contributed by atoms with van der Waals surface area (Å²) in [7, 11) is -3.54. The minimum Gasteiger partial charge on any atom is -0.475 e. The molecule has 2 aliphatic heterocycles. The first-order chi connectivity index (χ1) is 13.4. The number of alkyl halides is 3. The first-order valence-electron chi connectivity index (χ1n) is 8.79.